The topological polar surface area (TPSA) is 116 Å². The Morgan fingerprint density at radius 3 is 2.55 bits per heavy atom. The molecule has 8 heteroatoms. The van der Waals surface area contributed by atoms with Crippen molar-refractivity contribution in [1.82, 2.24) is 25.1 Å². The number of nitrogens with zero attached hydrogens (tertiary/aromatic N) is 4. The monoisotopic (exact) mass is 392 g/mol. The molecule has 0 aliphatic heterocycles. The number of nitrogens with two attached hydrogens (primary N) is 1. The summed E-state index contributed by atoms with van der Waals surface area (Å²) in [4.78, 5) is 32.2. The highest BCUT2D eigenvalue weighted by molar-refractivity contribution is 5.94. The number of primary amides is 1. The van der Waals surface area contributed by atoms with Gasteiger partial charge in [-0.15, -0.1) is 0 Å². The summed E-state index contributed by atoms with van der Waals surface area (Å²) in [5, 5.41) is 7.41. The second-order valence-corrected chi connectivity index (χ2v) is 7.76. The minimum Gasteiger partial charge on any atom is -0.370 e. The maximum atomic E-state index is 12.6. The summed E-state index contributed by atoms with van der Waals surface area (Å²) in [6, 6.07) is 9.10. The number of carbonyl (C=O) groups is 2. The van der Waals surface area contributed by atoms with E-state index in [-0.39, 0.29) is 23.8 Å². The largest absolute Gasteiger partial charge is 0.370 e. The molecule has 0 unspecified atom stereocenters. The van der Waals surface area contributed by atoms with E-state index in [0.29, 0.717) is 23.5 Å². The number of hydrogen-bond donors (Lipinski definition) is 2. The van der Waals surface area contributed by atoms with Crippen LogP contribution in [0.2, 0.25) is 0 Å². The van der Waals surface area contributed by atoms with Crippen LogP contribution in [0.15, 0.2) is 48.9 Å². The van der Waals surface area contributed by atoms with Crippen molar-refractivity contribution in [2.75, 3.05) is 0 Å². The quantitative estimate of drug-likeness (QED) is 0.668. The van der Waals surface area contributed by atoms with Crippen LogP contribution >= 0.6 is 0 Å². The molecule has 0 saturated carbocycles. The predicted octanol–water partition coefficient (Wildman–Crippen LogP) is 2.28. The minimum atomic E-state index is -0.379. The Labute approximate surface area is 169 Å². The molecular weight excluding hydrogens is 368 g/mol. The van der Waals surface area contributed by atoms with Crippen LogP contribution in [0.4, 0.5) is 0 Å². The van der Waals surface area contributed by atoms with E-state index in [1.165, 1.54) is 0 Å². The average Bonchev–Trinajstić information content (AvgIpc) is 3.12. The van der Waals surface area contributed by atoms with Crippen molar-refractivity contribution >= 4 is 11.8 Å². The van der Waals surface area contributed by atoms with Gasteiger partial charge in [0.1, 0.15) is 0 Å². The van der Waals surface area contributed by atoms with Crippen molar-refractivity contribution in [2.45, 2.75) is 39.2 Å². The lowest BCUT2D eigenvalue weighted by Gasteiger charge is -2.19. The van der Waals surface area contributed by atoms with Gasteiger partial charge in [-0.1, -0.05) is 6.07 Å². The van der Waals surface area contributed by atoms with Crippen LogP contribution in [0.1, 0.15) is 43.2 Å². The summed E-state index contributed by atoms with van der Waals surface area (Å²) in [5.41, 5.74) is 8.06. The Kier molecular flexibility index (Phi) is 5.72. The van der Waals surface area contributed by atoms with Gasteiger partial charge in [0.15, 0.2) is 5.69 Å². The summed E-state index contributed by atoms with van der Waals surface area (Å²) in [7, 11) is 0. The molecule has 8 nitrogen and oxygen atoms in total. The fourth-order valence-corrected chi connectivity index (χ4v) is 2.75. The molecule has 0 aliphatic rings. The smallest absolute Gasteiger partial charge is 0.272 e. The molecule has 0 atom stereocenters. The Morgan fingerprint density at radius 2 is 1.97 bits per heavy atom. The number of pyridine rings is 2. The van der Waals surface area contributed by atoms with Gasteiger partial charge in [-0.25, -0.2) is 4.68 Å². The lowest BCUT2D eigenvalue weighted by atomic mass is 10.1. The first-order valence-corrected chi connectivity index (χ1v) is 9.29. The summed E-state index contributed by atoms with van der Waals surface area (Å²) in [6.45, 7) is 5.74. The fraction of sp³-hybridized carbons (Fsp3) is 0.286. The summed E-state index contributed by atoms with van der Waals surface area (Å²) in [6.07, 6.45) is 5.85. The number of rotatable bonds is 6. The maximum Gasteiger partial charge on any atom is 0.272 e. The summed E-state index contributed by atoms with van der Waals surface area (Å²) >= 11 is 0. The number of aryl methyl sites for hydroxylation is 1. The molecule has 3 aromatic rings. The van der Waals surface area contributed by atoms with Gasteiger partial charge in [0.25, 0.3) is 5.91 Å². The second-order valence-electron chi connectivity index (χ2n) is 7.76. The molecule has 3 aromatic heterocycles. The molecule has 2 amide bonds. The van der Waals surface area contributed by atoms with Gasteiger partial charge in [0, 0.05) is 24.4 Å². The number of amides is 2. The number of nitrogens with one attached hydrogen (secondary N) is 1. The van der Waals surface area contributed by atoms with E-state index in [1.807, 2.05) is 39.0 Å². The highest BCUT2D eigenvalue weighted by atomic mass is 16.2. The predicted molar refractivity (Wildman–Crippen MR) is 109 cm³/mol. The molecule has 3 N–H and O–H groups in total. The van der Waals surface area contributed by atoms with Gasteiger partial charge in [-0.05, 0) is 57.0 Å². The van der Waals surface area contributed by atoms with Gasteiger partial charge < -0.3 is 11.1 Å². The van der Waals surface area contributed by atoms with E-state index < -0.39 is 0 Å². The molecule has 0 bridgehead atoms. The van der Waals surface area contributed by atoms with Crippen LogP contribution in [-0.4, -0.2) is 37.1 Å². The van der Waals surface area contributed by atoms with E-state index in [1.54, 1.807) is 35.4 Å². The second kappa shape index (κ2) is 8.22. The van der Waals surface area contributed by atoms with Crippen LogP contribution in [0, 0.1) is 0 Å². The molecule has 0 fully saturated rings. The zero-order valence-corrected chi connectivity index (χ0v) is 16.7. The van der Waals surface area contributed by atoms with E-state index in [9.17, 15) is 9.59 Å². The van der Waals surface area contributed by atoms with Gasteiger partial charge in [-0.2, -0.15) is 5.10 Å². The molecule has 3 rings (SSSR count). The first kappa shape index (κ1) is 20.2. The van der Waals surface area contributed by atoms with Crippen molar-refractivity contribution in [3.63, 3.8) is 0 Å². The van der Waals surface area contributed by atoms with Gasteiger partial charge in [0.05, 0.1) is 23.3 Å². The zero-order chi connectivity index (χ0) is 21.0. The fourth-order valence-electron chi connectivity index (χ4n) is 2.75. The minimum absolute atomic E-state index is 0.264. The first-order valence-electron chi connectivity index (χ1n) is 9.29. The van der Waals surface area contributed by atoms with Gasteiger partial charge >= 0.3 is 0 Å². The van der Waals surface area contributed by atoms with E-state index in [0.717, 1.165) is 11.3 Å². The van der Waals surface area contributed by atoms with Crippen LogP contribution in [0.3, 0.4) is 0 Å². The zero-order valence-electron chi connectivity index (χ0n) is 16.7. The van der Waals surface area contributed by atoms with Gasteiger partial charge in [0.2, 0.25) is 5.91 Å². The van der Waals surface area contributed by atoms with E-state index >= 15 is 0 Å². The third-order valence-electron chi connectivity index (χ3n) is 4.07. The maximum absolute atomic E-state index is 12.6. The highest BCUT2D eigenvalue weighted by Gasteiger charge is 2.21. The van der Waals surface area contributed by atoms with Crippen LogP contribution in [-0.2, 0) is 11.2 Å². The standard InChI is InChI=1S/C21H24N6O2/c1-21(2,3)25-20(29)17-11-18(27(26-17)15-5-4-10-23-13-15)16-8-6-14(12-24-16)7-9-19(22)28/h4-6,8,10-13H,7,9H2,1-3H3,(H2,22,28)(H,25,29). The van der Waals surface area contributed by atoms with Gasteiger partial charge in [-0.3, -0.25) is 19.6 Å². The number of carbonyl (C=O) groups excluding carboxylic acids is 2. The lowest BCUT2D eigenvalue weighted by molar-refractivity contribution is -0.117. The van der Waals surface area contributed by atoms with Crippen molar-refractivity contribution in [3.05, 3.63) is 60.2 Å². The molecule has 29 heavy (non-hydrogen) atoms. The molecule has 0 aliphatic carbocycles. The Morgan fingerprint density at radius 1 is 1.17 bits per heavy atom. The molecular formula is C21H24N6O2. The van der Waals surface area contributed by atoms with Crippen molar-refractivity contribution < 1.29 is 9.59 Å². The third kappa shape index (κ3) is 5.25. The SMILES string of the molecule is CC(C)(C)NC(=O)c1cc(-c2ccc(CCC(N)=O)cn2)n(-c2cccnc2)n1. The van der Waals surface area contributed by atoms with Crippen molar-refractivity contribution in [1.29, 1.82) is 0 Å². The molecule has 0 saturated heterocycles. The lowest BCUT2D eigenvalue weighted by Crippen LogP contribution is -2.40. The van der Waals surface area contributed by atoms with E-state index in [2.05, 4.69) is 20.4 Å². The average molecular weight is 392 g/mol. The van der Waals surface area contributed by atoms with Crippen molar-refractivity contribution in [3.8, 4) is 17.1 Å². The molecule has 3 heterocycles. The number of aromatic nitrogens is 4. The molecule has 0 spiro atoms. The Balaban J connectivity index is 1.98. The third-order valence-corrected chi connectivity index (χ3v) is 4.07. The molecule has 0 aromatic carbocycles. The highest BCUT2D eigenvalue weighted by Crippen LogP contribution is 2.23. The Bertz CT molecular complexity index is 1000. The first-order chi connectivity index (χ1) is 13.7. The van der Waals surface area contributed by atoms with Crippen LogP contribution in [0.5, 0.6) is 0 Å². The van der Waals surface area contributed by atoms with E-state index in [4.69, 9.17) is 5.73 Å². The van der Waals surface area contributed by atoms with Crippen LogP contribution < -0.4 is 11.1 Å². The van der Waals surface area contributed by atoms with Crippen LogP contribution in [0.25, 0.3) is 17.1 Å². The summed E-state index contributed by atoms with van der Waals surface area (Å²) in [5.74, 6) is -0.613. The number of hydrogen-bond acceptors (Lipinski definition) is 5. The molecule has 150 valence electrons. The normalized spacial score (nSPS) is 11.3. The summed E-state index contributed by atoms with van der Waals surface area (Å²) < 4.78 is 1.65. The van der Waals surface area contributed by atoms with Crippen molar-refractivity contribution in [2.24, 2.45) is 5.73 Å². The Hall–Kier alpha value is -3.55. The molecule has 0 radical (unpaired) electrons.